The quantitative estimate of drug-likeness (QED) is 0.783. The zero-order valence-electron chi connectivity index (χ0n) is 8.62. The van der Waals surface area contributed by atoms with Gasteiger partial charge in [-0.05, 0) is 11.5 Å². The predicted octanol–water partition coefficient (Wildman–Crippen LogP) is 1.19. The number of nitrogens with two attached hydrogens (primary N) is 1. The summed E-state index contributed by atoms with van der Waals surface area (Å²) in [5.41, 5.74) is 4.87. The van der Waals surface area contributed by atoms with Gasteiger partial charge in [0.25, 0.3) is 10.1 Å². The van der Waals surface area contributed by atoms with Crippen LogP contribution < -0.4 is 5.73 Å². The lowest BCUT2D eigenvalue weighted by atomic mass is 10.1. The van der Waals surface area contributed by atoms with Gasteiger partial charge in [0.2, 0.25) is 5.91 Å². The molecule has 0 aromatic heterocycles. The minimum Gasteiger partial charge on any atom is -0.366 e. The molecule has 0 atom stereocenters. The number of hydrogen-bond acceptors (Lipinski definition) is 3. The minimum absolute atomic E-state index is 0.216. The molecule has 0 spiro atoms. The van der Waals surface area contributed by atoms with Crippen molar-refractivity contribution in [1.82, 2.24) is 0 Å². The molecule has 0 aliphatic carbocycles. The number of hydrogen-bond donors (Lipinski definition) is 2. The Labute approximate surface area is 97.6 Å². The number of carbonyl (C=O) groups excluding carboxylic acids is 1. The van der Waals surface area contributed by atoms with Crippen LogP contribution in [0.1, 0.15) is 10.4 Å². The third-order valence-corrected chi connectivity index (χ3v) is 3.36. The van der Waals surface area contributed by atoms with Gasteiger partial charge in [0.05, 0.1) is 5.56 Å². The average molecular weight is 251 g/mol. The molecule has 0 saturated carbocycles. The topological polar surface area (TPSA) is 97.5 Å². The molecule has 0 aliphatic rings. The van der Waals surface area contributed by atoms with Gasteiger partial charge in [0.1, 0.15) is 4.90 Å². The lowest BCUT2D eigenvalue weighted by molar-refractivity contribution is 0.0997. The van der Waals surface area contributed by atoms with Crippen LogP contribution in [0.4, 0.5) is 0 Å². The first-order valence-electron chi connectivity index (χ1n) is 4.70. The first-order chi connectivity index (χ1) is 7.91. The van der Waals surface area contributed by atoms with Crippen molar-refractivity contribution in [2.24, 2.45) is 5.73 Å². The summed E-state index contributed by atoms with van der Waals surface area (Å²) in [6.45, 7) is 0. The highest BCUT2D eigenvalue weighted by atomic mass is 32.2. The zero-order valence-corrected chi connectivity index (χ0v) is 9.44. The van der Waals surface area contributed by atoms with Crippen molar-refractivity contribution in [3.63, 3.8) is 0 Å². The van der Waals surface area contributed by atoms with Gasteiger partial charge in [0, 0.05) is 5.39 Å². The van der Waals surface area contributed by atoms with E-state index in [4.69, 9.17) is 5.73 Å². The second-order valence-electron chi connectivity index (χ2n) is 3.50. The molecule has 2 rings (SSSR count). The summed E-state index contributed by atoms with van der Waals surface area (Å²) < 4.78 is 31.8. The second kappa shape index (κ2) is 3.83. The third-order valence-electron chi connectivity index (χ3n) is 2.40. The summed E-state index contributed by atoms with van der Waals surface area (Å²) in [4.78, 5) is 10.7. The highest BCUT2D eigenvalue weighted by molar-refractivity contribution is 7.86. The summed E-state index contributed by atoms with van der Waals surface area (Å²) in [6, 6.07) is 9.37. The largest absolute Gasteiger partial charge is 0.366 e. The van der Waals surface area contributed by atoms with Crippen LogP contribution in [0.2, 0.25) is 0 Å². The predicted molar refractivity (Wildman–Crippen MR) is 62.3 cm³/mol. The molecule has 6 heteroatoms. The average Bonchev–Trinajstić information content (AvgIpc) is 2.26. The van der Waals surface area contributed by atoms with E-state index in [2.05, 4.69) is 0 Å². The smallest absolute Gasteiger partial charge is 0.295 e. The summed E-state index contributed by atoms with van der Waals surface area (Å²) in [5.74, 6) is -0.900. The number of primary amides is 1. The lowest BCUT2D eigenvalue weighted by Gasteiger charge is -2.07. The van der Waals surface area contributed by atoms with Crippen molar-refractivity contribution in [3.8, 4) is 0 Å². The molecule has 0 radical (unpaired) electrons. The summed E-state index contributed by atoms with van der Waals surface area (Å²) in [6.07, 6.45) is 0. The molecule has 3 N–H and O–H groups in total. The van der Waals surface area contributed by atoms with Crippen LogP contribution in [0.3, 0.4) is 0 Å². The highest BCUT2D eigenvalue weighted by Crippen LogP contribution is 2.26. The van der Waals surface area contributed by atoms with E-state index in [1.54, 1.807) is 24.3 Å². The zero-order chi connectivity index (χ0) is 12.6. The van der Waals surface area contributed by atoms with Gasteiger partial charge < -0.3 is 5.73 Å². The van der Waals surface area contributed by atoms with Gasteiger partial charge in [-0.1, -0.05) is 30.3 Å². The number of carbonyl (C=O) groups is 1. The molecule has 0 heterocycles. The first kappa shape index (κ1) is 11.6. The van der Waals surface area contributed by atoms with Crippen molar-refractivity contribution >= 4 is 26.8 Å². The van der Waals surface area contributed by atoms with Crippen LogP contribution in [0.25, 0.3) is 10.8 Å². The van der Waals surface area contributed by atoms with Gasteiger partial charge in [-0.3, -0.25) is 9.35 Å². The van der Waals surface area contributed by atoms with E-state index in [-0.39, 0.29) is 10.9 Å². The molecular weight excluding hydrogens is 242 g/mol. The van der Waals surface area contributed by atoms with Crippen molar-refractivity contribution in [3.05, 3.63) is 42.0 Å². The Bertz CT molecular complexity index is 706. The molecule has 0 aliphatic heterocycles. The molecule has 0 saturated heterocycles. The van der Waals surface area contributed by atoms with Crippen molar-refractivity contribution in [2.75, 3.05) is 0 Å². The van der Waals surface area contributed by atoms with Crippen LogP contribution in [-0.2, 0) is 10.1 Å². The van der Waals surface area contributed by atoms with Gasteiger partial charge in [0.15, 0.2) is 0 Å². The van der Waals surface area contributed by atoms with Gasteiger partial charge in [-0.2, -0.15) is 8.42 Å². The lowest BCUT2D eigenvalue weighted by Crippen LogP contribution is -2.16. The molecular formula is C11H9NO4S. The van der Waals surface area contributed by atoms with Gasteiger partial charge in [-0.25, -0.2) is 0 Å². The second-order valence-corrected chi connectivity index (χ2v) is 4.86. The van der Waals surface area contributed by atoms with Crippen molar-refractivity contribution in [1.29, 1.82) is 0 Å². The number of fused-ring (bicyclic) bond motifs is 1. The Kier molecular flexibility index (Phi) is 2.60. The van der Waals surface area contributed by atoms with Crippen LogP contribution in [-0.4, -0.2) is 18.9 Å². The van der Waals surface area contributed by atoms with Gasteiger partial charge in [-0.15, -0.1) is 0 Å². The van der Waals surface area contributed by atoms with Crippen LogP contribution >= 0.6 is 0 Å². The normalized spacial score (nSPS) is 11.6. The molecule has 0 fully saturated rings. The van der Waals surface area contributed by atoms with Crippen molar-refractivity contribution < 1.29 is 17.8 Å². The molecule has 0 unspecified atom stereocenters. The molecule has 17 heavy (non-hydrogen) atoms. The third kappa shape index (κ3) is 2.00. The summed E-state index contributed by atoms with van der Waals surface area (Å²) in [7, 11) is -4.51. The fourth-order valence-corrected chi connectivity index (χ4v) is 2.63. The van der Waals surface area contributed by atoms with Crippen LogP contribution in [0, 0.1) is 0 Å². The Hall–Kier alpha value is -1.92. The Morgan fingerprint density at radius 1 is 1.12 bits per heavy atom. The highest BCUT2D eigenvalue weighted by Gasteiger charge is 2.21. The fraction of sp³-hybridized carbons (Fsp3) is 0. The van der Waals surface area contributed by atoms with E-state index in [9.17, 15) is 17.8 Å². The molecule has 2 aromatic carbocycles. The number of rotatable bonds is 2. The molecule has 5 nitrogen and oxygen atoms in total. The van der Waals surface area contributed by atoms with E-state index in [1.165, 1.54) is 12.1 Å². The Morgan fingerprint density at radius 3 is 2.35 bits per heavy atom. The van der Waals surface area contributed by atoms with Crippen LogP contribution in [0.15, 0.2) is 41.3 Å². The van der Waals surface area contributed by atoms with E-state index in [0.717, 1.165) is 0 Å². The maximum atomic E-state index is 11.3. The van der Waals surface area contributed by atoms with E-state index in [0.29, 0.717) is 5.39 Å². The number of amides is 1. The first-order valence-corrected chi connectivity index (χ1v) is 6.14. The summed E-state index contributed by atoms with van der Waals surface area (Å²) in [5, 5.41) is 0.872. The number of benzene rings is 2. The van der Waals surface area contributed by atoms with E-state index < -0.39 is 20.9 Å². The fourth-order valence-electron chi connectivity index (χ4n) is 1.71. The van der Waals surface area contributed by atoms with Gasteiger partial charge >= 0.3 is 0 Å². The Morgan fingerprint density at radius 2 is 1.76 bits per heavy atom. The van der Waals surface area contributed by atoms with E-state index >= 15 is 0 Å². The monoisotopic (exact) mass is 251 g/mol. The molecule has 1 amide bonds. The maximum absolute atomic E-state index is 11.3. The molecule has 2 aromatic rings. The maximum Gasteiger partial charge on any atom is 0.295 e. The Balaban J connectivity index is 3.00. The van der Waals surface area contributed by atoms with Crippen LogP contribution in [0.5, 0.6) is 0 Å². The minimum atomic E-state index is -4.51. The van der Waals surface area contributed by atoms with E-state index in [1.807, 2.05) is 0 Å². The van der Waals surface area contributed by atoms with Crippen molar-refractivity contribution in [2.45, 2.75) is 4.90 Å². The SMILES string of the molecule is NC(=O)c1ccc2ccccc2c1S(=O)(=O)O. The standard InChI is InChI=1S/C11H9NO4S/c12-11(13)9-6-5-7-3-1-2-4-8(7)10(9)17(14,15)16/h1-6H,(H2,12,13)(H,14,15,16). The summed E-state index contributed by atoms with van der Waals surface area (Å²) >= 11 is 0. The molecule has 0 bridgehead atoms. The molecule has 88 valence electrons.